The highest BCUT2D eigenvalue weighted by Crippen LogP contribution is 2.20. The van der Waals surface area contributed by atoms with Gasteiger partial charge in [0.05, 0.1) is 32.2 Å². The Morgan fingerprint density at radius 1 is 1.03 bits per heavy atom. The molecule has 0 aromatic heterocycles. The summed E-state index contributed by atoms with van der Waals surface area (Å²) in [6.07, 6.45) is 0. The van der Waals surface area contributed by atoms with Crippen molar-refractivity contribution in [3.05, 3.63) is 72.3 Å². The van der Waals surface area contributed by atoms with E-state index in [2.05, 4.69) is 40.5 Å². The summed E-state index contributed by atoms with van der Waals surface area (Å²) in [5.74, 6) is 0.383. The molecule has 3 aromatic rings. The molecule has 0 bridgehead atoms. The highest BCUT2D eigenvalue weighted by atomic mass is 16.3. The number of hydrogen-bond donors (Lipinski definition) is 3. The molecule has 0 aliphatic carbocycles. The molecule has 1 fully saturated rings. The molecule has 0 saturated carbocycles. The van der Waals surface area contributed by atoms with E-state index in [1.54, 1.807) is 12.1 Å². The number of rotatable bonds is 5. The third kappa shape index (κ3) is 4.69. The number of hydrogen-bond acceptors (Lipinski definition) is 3. The molecule has 29 heavy (non-hydrogen) atoms. The maximum absolute atomic E-state index is 12.6. The second-order valence-corrected chi connectivity index (χ2v) is 7.83. The fourth-order valence-corrected chi connectivity index (χ4v) is 4.00. The molecular formula is C24H28N3O2+. The van der Waals surface area contributed by atoms with Crippen LogP contribution in [0.5, 0.6) is 5.75 Å². The van der Waals surface area contributed by atoms with Crippen LogP contribution >= 0.6 is 0 Å². The van der Waals surface area contributed by atoms with Gasteiger partial charge in [0.15, 0.2) is 6.54 Å². The van der Waals surface area contributed by atoms with Crippen LogP contribution in [0.4, 0.5) is 5.69 Å². The summed E-state index contributed by atoms with van der Waals surface area (Å²) in [7, 11) is 0. The molecule has 1 heterocycles. The molecule has 0 spiro atoms. The van der Waals surface area contributed by atoms with Gasteiger partial charge in [-0.1, -0.05) is 36.4 Å². The molecule has 1 aliphatic heterocycles. The van der Waals surface area contributed by atoms with E-state index in [4.69, 9.17) is 0 Å². The minimum absolute atomic E-state index is 0.00945. The van der Waals surface area contributed by atoms with Gasteiger partial charge in [0.25, 0.3) is 5.91 Å². The predicted molar refractivity (Wildman–Crippen MR) is 116 cm³/mol. The van der Waals surface area contributed by atoms with Gasteiger partial charge in [-0.25, -0.2) is 0 Å². The molecular weight excluding hydrogens is 362 g/mol. The van der Waals surface area contributed by atoms with E-state index in [0.717, 1.165) is 37.4 Å². The number of nitrogens with one attached hydrogen (secondary N) is 2. The number of amides is 1. The second kappa shape index (κ2) is 8.53. The van der Waals surface area contributed by atoms with Gasteiger partial charge >= 0.3 is 0 Å². The van der Waals surface area contributed by atoms with Crippen molar-refractivity contribution in [2.75, 3.05) is 37.6 Å². The normalized spacial score (nSPS) is 16.0. The van der Waals surface area contributed by atoms with Gasteiger partial charge < -0.3 is 20.2 Å². The first-order valence-electron chi connectivity index (χ1n) is 10.2. The van der Waals surface area contributed by atoms with Crippen molar-refractivity contribution in [3.63, 3.8) is 0 Å². The van der Waals surface area contributed by atoms with E-state index in [1.807, 2.05) is 31.2 Å². The Morgan fingerprint density at radius 2 is 1.72 bits per heavy atom. The lowest BCUT2D eigenvalue weighted by Crippen LogP contribution is -3.15. The van der Waals surface area contributed by atoms with E-state index in [0.29, 0.717) is 6.54 Å². The quantitative estimate of drug-likeness (QED) is 0.626. The molecule has 1 aliphatic rings. The first-order chi connectivity index (χ1) is 14.1. The lowest BCUT2D eigenvalue weighted by atomic mass is 10.0. The molecule has 5 heteroatoms. The lowest BCUT2D eigenvalue weighted by Gasteiger charge is -2.33. The van der Waals surface area contributed by atoms with Crippen LogP contribution in [0.15, 0.2) is 66.7 Å². The van der Waals surface area contributed by atoms with Crippen molar-refractivity contribution in [2.45, 2.75) is 13.0 Å². The van der Waals surface area contributed by atoms with Crippen LogP contribution < -0.4 is 15.1 Å². The highest BCUT2D eigenvalue weighted by molar-refractivity contribution is 5.83. The van der Waals surface area contributed by atoms with Gasteiger partial charge in [0.2, 0.25) is 0 Å². The van der Waals surface area contributed by atoms with Gasteiger partial charge in [-0.05, 0) is 53.6 Å². The molecule has 0 unspecified atom stereocenters. The van der Waals surface area contributed by atoms with Crippen molar-refractivity contribution in [1.29, 1.82) is 0 Å². The fraction of sp³-hybridized carbons (Fsp3) is 0.292. The number of carbonyl (C=O) groups excluding carboxylic acids is 1. The summed E-state index contributed by atoms with van der Waals surface area (Å²) in [5.41, 5.74) is 2.25. The molecule has 0 radical (unpaired) electrons. The Bertz CT molecular complexity index is 979. The van der Waals surface area contributed by atoms with Gasteiger partial charge in [-0.15, -0.1) is 0 Å². The van der Waals surface area contributed by atoms with E-state index in [9.17, 15) is 9.90 Å². The van der Waals surface area contributed by atoms with E-state index in [1.165, 1.54) is 15.7 Å². The lowest BCUT2D eigenvalue weighted by molar-refractivity contribution is -0.892. The number of benzene rings is 3. The van der Waals surface area contributed by atoms with Crippen LogP contribution in [0, 0.1) is 0 Å². The smallest absolute Gasteiger partial charge is 0.275 e. The number of phenols is 1. The maximum atomic E-state index is 12.6. The summed E-state index contributed by atoms with van der Waals surface area (Å²) in [6.45, 7) is 6.22. The van der Waals surface area contributed by atoms with Crippen molar-refractivity contribution in [1.82, 2.24) is 5.32 Å². The molecule has 5 nitrogen and oxygen atoms in total. The van der Waals surface area contributed by atoms with Gasteiger partial charge in [0.1, 0.15) is 5.75 Å². The molecule has 150 valence electrons. The number of nitrogens with zero attached hydrogens (tertiary/aromatic N) is 1. The molecule has 1 amide bonds. The summed E-state index contributed by atoms with van der Waals surface area (Å²) >= 11 is 0. The zero-order valence-corrected chi connectivity index (χ0v) is 16.8. The van der Waals surface area contributed by atoms with Crippen LogP contribution in [-0.4, -0.2) is 43.7 Å². The molecule has 1 atom stereocenters. The van der Waals surface area contributed by atoms with Crippen LogP contribution in [-0.2, 0) is 4.79 Å². The van der Waals surface area contributed by atoms with Crippen LogP contribution in [0.3, 0.4) is 0 Å². The topological polar surface area (TPSA) is 57.0 Å². The Morgan fingerprint density at radius 3 is 2.45 bits per heavy atom. The standard InChI is InChI=1S/C24H27N3O2/c1-18(20-7-6-19-4-2-3-5-21(19)16-20)25-24(29)17-26-12-14-27(15-13-26)22-8-10-23(28)11-9-22/h2-11,16,18,28H,12-15,17H2,1H3,(H,25,29)/p+1/t18-/m1/s1. The molecule has 3 aromatic carbocycles. The summed E-state index contributed by atoms with van der Waals surface area (Å²) < 4.78 is 0. The van der Waals surface area contributed by atoms with Crippen LogP contribution in [0.1, 0.15) is 18.5 Å². The monoisotopic (exact) mass is 390 g/mol. The van der Waals surface area contributed by atoms with Crippen molar-refractivity contribution >= 4 is 22.4 Å². The number of aromatic hydroxyl groups is 1. The Kier molecular flexibility index (Phi) is 5.67. The second-order valence-electron chi connectivity index (χ2n) is 7.83. The maximum Gasteiger partial charge on any atom is 0.275 e. The highest BCUT2D eigenvalue weighted by Gasteiger charge is 2.23. The molecule has 4 rings (SSSR count). The van der Waals surface area contributed by atoms with Crippen molar-refractivity contribution < 1.29 is 14.8 Å². The number of phenolic OH excluding ortho intramolecular Hbond substituents is 1. The van der Waals surface area contributed by atoms with Gasteiger partial charge in [0, 0.05) is 5.69 Å². The number of carbonyl (C=O) groups is 1. The average molecular weight is 391 g/mol. The zero-order valence-electron chi connectivity index (χ0n) is 16.8. The SMILES string of the molecule is C[C@@H](NC(=O)C[NH+]1CCN(c2ccc(O)cc2)CC1)c1ccc2ccccc2c1. The van der Waals surface area contributed by atoms with Crippen molar-refractivity contribution in [3.8, 4) is 5.75 Å². The third-order valence-corrected chi connectivity index (χ3v) is 5.75. The van der Waals surface area contributed by atoms with Crippen LogP contribution in [0.25, 0.3) is 10.8 Å². The largest absolute Gasteiger partial charge is 0.508 e. The number of fused-ring (bicyclic) bond motifs is 1. The first kappa shape index (κ1) is 19.3. The zero-order chi connectivity index (χ0) is 20.2. The minimum Gasteiger partial charge on any atom is -0.508 e. The van der Waals surface area contributed by atoms with E-state index >= 15 is 0 Å². The summed E-state index contributed by atoms with van der Waals surface area (Å²) in [5, 5.41) is 15.0. The fourth-order valence-electron chi connectivity index (χ4n) is 4.00. The first-order valence-corrected chi connectivity index (χ1v) is 10.2. The summed E-state index contributed by atoms with van der Waals surface area (Å²) in [4.78, 5) is 16.2. The predicted octanol–water partition coefficient (Wildman–Crippen LogP) is 2.13. The molecule has 3 N–H and O–H groups in total. The third-order valence-electron chi connectivity index (χ3n) is 5.75. The number of anilines is 1. The Balaban J connectivity index is 1.28. The average Bonchev–Trinajstić information content (AvgIpc) is 2.74. The van der Waals surface area contributed by atoms with Crippen LogP contribution in [0.2, 0.25) is 0 Å². The Labute approximate surface area is 171 Å². The Hall–Kier alpha value is -3.05. The van der Waals surface area contributed by atoms with Gasteiger partial charge in [-0.3, -0.25) is 4.79 Å². The van der Waals surface area contributed by atoms with E-state index in [-0.39, 0.29) is 17.7 Å². The van der Waals surface area contributed by atoms with Crippen molar-refractivity contribution in [2.24, 2.45) is 0 Å². The molecule has 1 saturated heterocycles. The minimum atomic E-state index is -0.00945. The van der Waals surface area contributed by atoms with Gasteiger partial charge in [-0.2, -0.15) is 0 Å². The number of piperazine rings is 1. The number of quaternary nitrogens is 1. The summed E-state index contributed by atoms with van der Waals surface area (Å²) in [6, 6.07) is 22.0. The van der Waals surface area contributed by atoms with E-state index < -0.39 is 0 Å².